The van der Waals surface area contributed by atoms with Gasteiger partial charge >= 0.3 is 0 Å². The van der Waals surface area contributed by atoms with Crippen molar-refractivity contribution in [2.45, 2.75) is 18.9 Å². The fourth-order valence-electron chi connectivity index (χ4n) is 3.91. The number of amides is 1. The number of hydrogen-bond acceptors (Lipinski definition) is 3. The number of halogens is 1. The summed E-state index contributed by atoms with van der Waals surface area (Å²) in [5.74, 6) is -0.399. The second kappa shape index (κ2) is 6.60. The third-order valence-corrected chi connectivity index (χ3v) is 5.28. The number of aromatic amines is 2. The van der Waals surface area contributed by atoms with Crippen LogP contribution in [0.2, 0.25) is 0 Å². The number of nitrogens with one attached hydrogen (secondary N) is 2. The van der Waals surface area contributed by atoms with Gasteiger partial charge in [-0.15, -0.1) is 0 Å². The highest BCUT2D eigenvalue weighted by Crippen LogP contribution is 2.34. The first-order valence-corrected chi connectivity index (χ1v) is 9.25. The van der Waals surface area contributed by atoms with E-state index >= 15 is 0 Å². The van der Waals surface area contributed by atoms with Crippen molar-refractivity contribution in [3.8, 4) is 11.3 Å². The van der Waals surface area contributed by atoms with Crippen molar-refractivity contribution >= 4 is 16.9 Å². The molecule has 4 heterocycles. The van der Waals surface area contributed by atoms with E-state index in [-0.39, 0.29) is 17.8 Å². The molecule has 0 bridgehead atoms. The first-order chi connectivity index (χ1) is 13.7. The van der Waals surface area contributed by atoms with Crippen LogP contribution >= 0.6 is 0 Å². The first-order valence-electron chi connectivity index (χ1n) is 9.25. The van der Waals surface area contributed by atoms with E-state index in [9.17, 15) is 9.18 Å². The molecule has 7 heteroatoms. The lowest BCUT2D eigenvalue weighted by Crippen LogP contribution is -2.31. The van der Waals surface area contributed by atoms with E-state index in [0.29, 0.717) is 23.4 Å². The minimum atomic E-state index is -0.268. The molecule has 2 N–H and O–H groups in total. The highest BCUT2D eigenvalue weighted by molar-refractivity contribution is 5.98. The van der Waals surface area contributed by atoms with E-state index in [4.69, 9.17) is 0 Å². The Morgan fingerprint density at radius 2 is 2.11 bits per heavy atom. The van der Waals surface area contributed by atoms with Gasteiger partial charge < -0.3 is 9.88 Å². The van der Waals surface area contributed by atoms with Crippen LogP contribution in [0.3, 0.4) is 0 Å². The molecule has 1 atom stereocenters. The van der Waals surface area contributed by atoms with Gasteiger partial charge in [-0.2, -0.15) is 5.10 Å². The molecule has 1 amide bonds. The number of rotatable bonds is 3. The Kier molecular flexibility index (Phi) is 3.93. The SMILES string of the molecule is O=C(c1cc2ccc(-c3cn[nH]c3)nc2[nH]1)N1CCC[C@H]1c1ccccc1F. The van der Waals surface area contributed by atoms with Crippen molar-refractivity contribution in [2.24, 2.45) is 0 Å². The van der Waals surface area contributed by atoms with E-state index in [1.807, 2.05) is 18.2 Å². The summed E-state index contributed by atoms with van der Waals surface area (Å²) in [5.41, 5.74) is 3.33. The van der Waals surface area contributed by atoms with E-state index in [1.165, 1.54) is 6.07 Å². The topological polar surface area (TPSA) is 77.7 Å². The maximum Gasteiger partial charge on any atom is 0.270 e. The summed E-state index contributed by atoms with van der Waals surface area (Å²) >= 11 is 0. The molecule has 1 fully saturated rings. The molecule has 0 radical (unpaired) electrons. The molecule has 0 saturated carbocycles. The van der Waals surface area contributed by atoms with Crippen LogP contribution in [0.1, 0.15) is 34.9 Å². The third-order valence-electron chi connectivity index (χ3n) is 5.28. The van der Waals surface area contributed by atoms with Crippen LogP contribution in [0.5, 0.6) is 0 Å². The molecule has 1 saturated heterocycles. The van der Waals surface area contributed by atoms with Crippen LogP contribution in [0.4, 0.5) is 4.39 Å². The van der Waals surface area contributed by atoms with Crippen molar-refractivity contribution in [2.75, 3.05) is 6.54 Å². The molecule has 5 rings (SSSR count). The van der Waals surface area contributed by atoms with Crippen LogP contribution in [0, 0.1) is 5.82 Å². The zero-order valence-corrected chi connectivity index (χ0v) is 15.0. The lowest BCUT2D eigenvalue weighted by atomic mass is 10.0. The van der Waals surface area contributed by atoms with Crippen LogP contribution < -0.4 is 0 Å². The van der Waals surface area contributed by atoms with Crippen LogP contribution in [-0.2, 0) is 0 Å². The summed E-state index contributed by atoms with van der Waals surface area (Å²) in [5, 5.41) is 7.57. The maximum atomic E-state index is 14.3. The van der Waals surface area contributed by atoms with Gasteiger partial charge in [-0.1, -0.05) is 18.2 Å². The maximum absolute atomic E-state index is 14.3. The molecule has 6 nitrogen and oxygen atoms in total. The Bertz CT molecular complexity index is 1150. The van der Waals surface area contributed by atoms with Crippen LogP contribution in [0.15, 0.2) is 54.9 Å². The predicted octanol–water partition coefficient (Wildman–Crippen LogP) is 4.07. The summed E-state index contributed by atoms with van der Waals surface area (Å²) in [6, 6.07) is 12.1. The fraction of sp³-hybridized carbons (Fsp3) is 0.190. The van der Waals surface area contributed by atoms with Crippen molar-refractivity contribution in [1.82, 2.24) is 25.1 Å². The number of benzene rings is 1. The summed E-state index contributed by atoms with van der Waals surface area (Å²) in [7, 11) is 0. The molecule has 1 aliphatic heterocycles. The Morgan fingerprint density at radius 3 is 2.93 bits per heavy atom. The zero-order valence-electron chi connectivity index (χ0n) is 15.0. The molecule has 1 aromatic carbocycles. The van der Waals surface area contributed by atoms with Crippen molar-refractivity contribution in [1.29, 1.82) is 0 Å². The Morgan fingerprint density at radius 1 is 1.21 bits per heavy atom. The lowest BCUT2D eigenvalue weighted by Gasteiger charge is -2.25. The molecular formula is C21H18FN5O. The van der Waals surface area contributed by atoms with Gasteiger partial charge in [0.15, 0.2) is 0 Å². The molecule has 0 unspecified atom stereocenters. The monoisotopic (exact) mass is 375 g/mol. The first kappa shape index (κ1) is 16.7. The zero-order chi connectivity index (χ0) is 19.1. The number of pyridine rings is 1. The quantitative estimate of drug-likeness (QED) is 0.567. The second-order valence-electron chi connectivity index (χ2n) is 6.98. The van der Waals surface area contributed by atoms with Crippen LogP contribution in [0.25, 0.3) is 22.3 Å². The molecular weight excluding hydrogens is 357 g/mol. The smallest absolute Gasteiger partial charge is 0.270 e. The molecule has 28 heavy (non-hydrogen) atoms. The number of nitrogens with zero attached hydrogens (tertiary/aromatic N) is 3. The molecule has 3 aromatic heterocycles. The largest absolute Gasteiger partial charge is 0.335 e. The Labute approximate surface area is 160 Å². The van der Waals surface area contributed by atoms with Gasteiger partial charge in [0.2, 0.25) is 0 Å². The van der Waals surface area contributed by atoms with Crippen molar-refractivity contribution < 1.29 is 9.18 Å². The molecule has 140 valence electrons. The minimum Gasteiger partial charge on any atom is -0.335 e. The van der Waals surface area contributed by atoms with Gasteiger partial charge in [-0.3, -0.25) is 9.89 Å². The Balaban J connectivity index is 1.47. The Hall–Kier alpha value is -3.48. The average Bonchev–Trinajstić information content (AvgIpc) is 3.47. The average molecular weight is 375 g/mol. The van der Waals surface area contributed by atoms with Crippen molar-refractivity contribution in [3.05, 3.63) is 71.9 Å². The predicted molar refractivity (Wildman–Crippen MR) is 103 cm³/mol. The molecule has 0 aliphatic carbocycles. The standard InChI is InChI=1S/C21H18FN5O/c22-16-5-2-1-4-15(16)19-6-3-9-27(19)21(28)18-10-13-7-8-17(25-20(13)26-18)14-11-23-24-12-14/h1-2,4-5,7-8,10-12,19H,3,6,9H2,(H,23,24)(H,25,26)/t19-/m0/s1. The fourth-order valence-corrected chi connectivity index (χ4v) is 3.91. The van der Waals surface area contributed by atoms with E-state index in [0.717, 1.165) is 29.5 Å². The summed E-state index contributed by atoms with van der Waals surface area (Å²) < 4.78 is 14.3. The third kappa shape index (κ3) is 2.76. The van der Waals surface area contributed by atoms with E-state index in [2.05, 4.69) is 20.2 Å². The highest BCUT2D eigenvalue weighted by atomic mass is 19.1. The lowest BCUT2D eigenvalue weighted by molar-refractivity contribution is 0.0728. The summed E-state index contributed by atoms with van der Waals surface area (Å²) in [6.07, 6.45) is 5.09. The van der Waals surface area contributed by atoms with E-state index in [1.54, 1.807) is 35.5 Å². The molecule has 1 aliphatic rings. The van der Waals surface area contributed by atoms with E-state index < -0.39 is 0 Å². The number of fused-ring (bicyclic) bond motifs is 1. The van der Waals surface area contributed by atoms with Crippen molar-refractivity contribution in [3.63, 3.8) is 0 Å². The van der Waals surface area contributed by atoms with Gasteiger partial charge in [-0.05, 0) is 37.1 Å². The number of carbonyl (C=O) groups is 1. The van der Waals surface area contributed by atoms with Gasteiger partial charge in [0.1, 0.15) is 17.2 Å². The molecule has 4 aromatic rings. The van der Waals surface area contributed by atoms with Gasteiger partial charge in [0.25, 0.3) is 5.91 Å². The van der Waals surface area contributed by atoms with Gasteiger partial charge in [0.05, 0.1) is 17.9 Å². The van der Waals surface area contributed by atoms with Gasteiger partial charge in [-0.25, -0.2) is 9.37 Å². The highest BCUT2D eigenvalue weighted by Gasteiger charge is 2.32. The van der Waals surface area contributed by atoms with Gasteiger partial charge in [0, 0.05) is 29.3 Å². The number of H-pyrrole nitrogens is 2. The number of aromatic nitrogens is 4. The summed E-state index contributed by atoms with van der Waals surface area (Å²) in [6.45, 7) is 0.612. The van der Waals surface area contributed by atoms with Crippen LogP contribution in [-0.4, -0.2) is 37.5 Å². The summed E-state index contributed by atoms with van der Waals surface area (Å²) in [4.78, 5) is 22.6. The minimum absolute atomic E-state index is 0.131. The second-order valence-corrected chi connectivity index (χ2v) is 6.98. The number of hydrogen-bond donors (Lipinski definition) is 2. The number of carbonyl (C=O) groups excluding carboxylic acids is 1. The number of likely N-dealkylation sites (tertiary alicyclic amines) is 1. The molecule has 0 spiro atoms. The normalized spacial score (nSPS) is 16.8.